The lowest BCUT2D eigenvalue weighted by atomic mass is 9.95. The van der Waals surface area contributed by atoms with Gasteiger partial charge in [-0.3, -0.25) is 13.7 Å². The van der Waals surface area contributed by atoms with Crippen LogP contribution in [0, 0.1) is 6.33 Å². The standard InChI is InChI=1S/C60H39N5O/c1-4-18-41(19-5-1)47-28-17-29-48(42-20-6-2-7-21-42)60(47)63-40-62(55-32-14-15-33-56(55)63)44-24-16-25-45(36-44)66-46-34-35-51-49-26-10-13-31-54(49)65(57(51)37-46)59-38-52-50-27-11-12-30-53(50)64(58(52)39-61-59)43-22-8-3-9-23-43/h1-39H. The molecule has 0 spiro atoms. The van der Waals surface area contributed by atoms with Crippen LogP contribution in [0.2, 0.25) is 0 Å². The number of aromatic nitrogens is 5. The van der Waals surface area contributed by atoms with E-state index in [4.69, 9.17) is 9.72 Å². The van der Waals surface area contributed by atoms with Crippen molar-refractivity contribution in [1.82, 2.24) is 18.7 Å². The molecule has 0 N–H and O–H groups in total. The number of imidazole rings is 1. The minimum absolute atomic E-state index is 0.718. The van der Waals surface area contributed by atoms with Crippen LogP contribution in [0.25, 0.3) is 99.8 Å². The van der Waals surface area contributed by atoms with E-state index in [9.17, 15) is 0 Å². The second-order valence-corrected chi connectivity index (χ2v) is 16.6. The van der Waals surface area contributed by atoms with Crippen LogP contribution in [0.5, 0.6) is 11.5 Å². The highest BCUT2D eigenvalue weighted by molar-refractivity contribution is 6.12. The van der Waals surface area contributed by atoms with Crippen LogP contribution < -0.4 is 9.30 Å². The molecule has 0 amide bonds. The van der Waals surface area contributed by atoms with Gasteiger partial charge >= 0.3 is 0 Å². The molecule has 0 radical (unpaired) electrons. The van der Waals surface area contributed by atoms with Crippen molar-refractivity contribution in [2.45, 2.75) is 0 Å². The Kier molecular flexibility index (Phi) is 8.74. The summed E-state index contributed by atoms with van der Waals surface area (Å²) < 4.78 is 15.7. The summed E-state index contributed by atoms with van der Waals surface area (Å²) >= 11 is 0. The fourth-order valence-corrected chi connectivity index (χ4v) is 9.82. The predicted molar refractivity (Wildman–Crippen MR) is 268 cm³/mol. The highest BCUT2D eigenvalue weighted by Gasteiger charge is 2.21. The molecule has 4 heterocycles. The quantitative estimate of drug-likeness (QED) is 0.113. The van der Waals surface area contributed by atoms with Crippen molar-refractivity contribution in [3.05, 3.63) is 243 Å². The molecule has 13 aromatic rings. The molecule has 4 aromatic heterocycles. The van der Waals surface area contributed by atoms with Gasteiger partial charge in [0.05, 0.1) is 50.7 Å². The summed E-state index contributed by atoms with van der Waals surface area (Å²) in [5.41, 5.74) is 14.0. The van der Waals surface area contributed by atoms with Gasteiger partial charge in [-0.1, -0.05) is 164 Å². The van der Waals surface area contributed by atoms with Crippen LogP contribution in [0.1, 0.15) is 0 Å². The fraction of sp³-hybridized carbons (Fsp3) is 0. The van der Waals surface area contributed by atoms with Gasteiger partial charge in [0.2, 0.25) is 0 Å². The molecular weight excluding hydrogens is 807 g/mol. The van der Waals surface area contributed by atoms with E-state index >= 15 is 0 Å². The molecule has 9 aromatic carbocycles. The van der Waals surface area contributed by atoms with Gasteiger partial charge in [-0.25, -0.2) is 4.98 Å². The summed E-state index contributed by atoms with van der Waals surface area (Å²) in [7, 11) is 0. The molecule has 0 saturated heterocycles. The molecule has 66 heavy (non-hydrogen) atoms. The van der Waals surface area contributed by atoms with Crippen LogP contribution in [-0.4, -0.2) is 18.7 Å². The third-order valence-electron chi connectivity index (χ3n) is 12.7. The van der Waals surface area contributed by atoms with Gasteiger partial charge in [0, 0.05) is 33.3 Å². The van der Waals surface area contributed by atoms with Crippen molar-refractivity contribution in [2.75, 3.05) is 0 Å². The minimum atomic E-state index is 0.718. The Labute approximate surface area is 380 Å². The third kappa shape index (κ3) is 6.11. The van der Waals surface area contributed by atoms with Crippen LogP contribution in [-0.2, 0) is 0 Å². The van der Waals surface area contributed by atoms with E-state index in [1.54, 1.807) is 0 Å². The largest absolute Gasteiger partial charge is 0.458 e. The minimum Gasteiger partial charge on any atom is -0.458 e. The van der Waals surface area contributed by atoms with Gasteiger partial charge < -0.3 is 9.30 Å². The maximum atomic E-state index is 6.80. The average Bonchev–Trinajstić information content (AvgIpc) is 4.05. The molecule has 0 unspecified atom stereocenters. The Balaban J connectivity index is 0.920. The van der Waals surface area contributed by atoms with Crippen molar-refractivity contribution in [3.63, 3.8) is 0 Å². The third-order valence-corrected chi connectivity index (χ3v) is 12.7. The first-order chi connectivity index (χ1) is 32.7. The molecule has 310 valence electrons. The topological polar surface area (TPSA) is 40.8 Å². The number of hydrogen-bond acceptors (Lipinski definition) is 2. The molecule has 0 atom stereocenters. The summed E-state index contributed by atoms with van der Waals surface area (Å²) in [5, 5.41) is 4.61. The van der Waals surface area contributed by atoms with E-state index in [0.29, 0.717) is 0 Å². The summed E-state index contributed by atoms with van der Waals surface area (Å²) in [4.78, 5) is 5.18. The smallest absolute Gasteiger partial charge is 0.269 e. The molecular formula is C60H39N5O. The molecule has 0 saturated carbocycles. The SMILES string of the molecule is [c-]1n(-c2cccc(Oc3ccc4c5ccccc5n(-c5cc6c7ccccc7n(-c7ccccc7)c6cn5)c4c3)c2)c2ccccc2[n+]1-c1c(-c2ccccc2)cccc1-c1ccccc1. The normalized spacial score (nSPS) is 11.6. The zero-order valence-corrected chi connectivity index (χ0v) is 35.7. The summed E-state index contributed by atoms with van der Waals surface area (Å²) in [6, 6.07) is 80.7. The number of hydrogen-bond donors (Lipinski definition) is 0. The second-order valence-electron chi connectivity index (χ2n) is 16.6. The van der Waals surface area contributed by atoms with E-state index in [1.165, 1.54) is 5.39 Å². The van der Waals surface area contributed by atoms with Gasteiger partial charge in [0.15, 0.2) is 0 Å². The van der Waals surface area contributed by atoms with Crippen LogP contribution in [0.3, 0.4) is 0 Å². The van der Waals surface area contributed by atoms with E-state index in [2.05, 4.69) is 243 Å². The fourth-order valence-electron chi connectivity index (χ4n) is 9.82. The van der Waals surface area contributed by atoms with Crippen molar-refractivity contribution in [1.29, 1.82) is 0 Å². The highest BCUT2D eigenvalue weighted by atomic mass is 16.5. The highest BCUT2D eigenvalue weighted by Crippen LogP contribution is 2.39. The molecule has 13 rings (SSSR count). The number of benzene rings is 9. The first-order valence-corrected chi connectivity index (χ1v) is 22.2. The Morgan fingerprint density at radius 1 is 0.394 bits per heavy atom. The number of para-hydroxylation sites is 6. The monoisotopic (exact) mass is 845 g/mol. The number of ether oxygens (including phenoxy) is 1. The Morgan fingerprint density at radius 2 is 0.955 bits per heavy atom. The van der Waals surface area contributed by atoms with Gasteiger partial charge in [-0.15, -0.1) is 0 Å². The van der Waals surface area contributed by atoms with Gasteiger partial charge in [-0.05, 0) is 82.9 Å². The Hall–Kier alpha value is -9.00. The lowest BCUT2D eigenvalue weighted by Crippen LogP contribution is -2.31. The van der Waals surface area contributed by atoms with Crippen molar-refractivity contribution in [3.8, 4) is 56.6 Å². The Bertz CT molecular complexity index is 3900. The molecule has 0 bridgehead atoms. The zero-order chi connectivity index (χ0) is 43.6. The van der Waals surface area contributed by atoms with E-state index < -0.39 is 0 Å². The van der Waals surface area contributed by atoms with E-state index in [0.717, 1.165) is 106 Å². The van der Waals surface area contributed by atoms with Crippen molar-refractivity contribution in [2.24, 2.45) is 0 Å². The lowest BCUT2D eigenvalue weighted by Gasteiger charge is -2.17. The van der Waals surface area contributed by atoms with Gasteiger partial charge in [0.25, 0.3) is 6.33 Å². The number of rotatable bonds is 8. The van der Waals surface area contributed by atoms with Gasteiger partial charge in [0.1, 0.15) is 17.3 Å². The summed E-state index contributed by atoms with van der Waals surface area (Å²) in [6.45, 7) is 0. The predicted octanol–water partition coefficient (Wildman–Crippen LogP) is 14.4. The lowest BCUT2D eigenvalue weighted by molar-refractivity contribution is -0.571. The molecule has 6 nitrogen and oxygen atoms in total. The van der Waals surface area contributed by atoms with E-state index in [1.807, 2.05) is 18.3 Å². The maximum Gasteiger partial charge on any atom is 0.269 e. The van der Waals surface area contributed by atoms with Gasteiger partial charge in [-0.2, -0.15) is 0 Å². The molecule has 0 aliphatic heterocycles. The molecule has 0 aliphatic rings. The first-order valence-electron chi connectivity index (χ1n) is 22.2. The molecule has 0 fully saturated rings. The summed E-state index contributed by atoms with van der Waals surface area (Å²) in [5.74, 6) is 2.29. The van der Waals surface area contributed by atoms with Crippen LogP contribution in [0.15, 0.2) is 237 Å². The maximum absolute atomic E-state index is 6.80. The number of pyridine rings is 1. The second kappa shape index (κ2) is 15.4. The van der Waals surface area contributed by atoms with Crippen LogP contribution >= 0.6 is 0 Å². The molecule has 6 heteroatoms. The van der Waals surface area contributed by atoms with Crippen molar-refractivity contribution >= 4 is 54.6 Å². The number of nitrogens with zero attached hydrogens (tertiary/aromatic N) is 5. The summed E-state index contributed by atoms with van der Waals surface area (Å²) in [6.07, 6.45) is 5.81. The molecule has 0 aliphatic carbocycles. The first kappa shape index (κ1) is 37.5. The van der Waals surface area contributed by atoms with Crippen molar-refractivity contribution < 1.29 is 9.30 Å². The zero-order valence-electron chi connectivity index (χ0n) is 35.7. The Morgan fingerprint density at radius 3 is 1.68 bits per heavy atom. The average molecular weight is 846 g/mol. The van der Waals surface area contributed by atoms with E-state index in [-0.39, 0.29) is 0 Å². The number of fused-ring (bicyclic) bond motifs is 7. The van der Waals surface area contributed by atoms with Crippen LogP contribution in [0.4, 0.5) is 0 Å².